The number of nitrogens with one attached hydrogen (secondary N) is 1. The molecule has 0 aliphatic heterocycles. The summed E-state index contributed by atoms with van der Waals surface area (Å²) >= 11 is 3.27. The second-order valence-corrected chi connectivity index (χ2v) is 5.65. The van der Waals surface area contributed by atoms with E-state index in [0.717, 1.165) is 12.0 Å². The van der Waals surface area contributed by atoms with E-state index in [1.54, 1.807) is 0 Å². The number of halogens is 1. The summed E-state index contributed by atoms with van der Waals surface area (Å²) in [6, 6.07) is 8.03. The maximum atomic E-state index is 10.9. The molecule has 0 aliphatic rings. The van der Waals surface area contributed by atoms with E-state index in [2.05, 4.69) is 52.1 Å². The number of benzene rings is 1. The fraction of sp³-hybridized carbons (Fsp3) is 0.286. The molecule has 0 saturated heterocycles. The normalized spacial score (nSPS) is 10.9. The highest BCUT2D eigenvalue weighted by Crippen LogP contribution is 2.29. The van der Waals surface area contributed by atoms with Gasteiger partial charge < -0.3 is 5.11 Å². The van der Waals surface area contributed by atoms with E-state index in [-0.39, 0.29) is 5.69 Å². The van der Waals surface area contributed by atoms with Gasteiger partial charge in [-0.05, 0) is 33.8 Å². The minimum atomic E-state index is -1.03. The summed E-state index contributed by atoms with van der Waals surface area (Å²) in [5.41, 5.74) is 2.85. The van der Waals surface area contributed by atoms with Crippen LogP contribution < -0.4 is 0 Å². The zero-order chi connectivity index (χ0) is 14.0. The van der Waals surface area contributed by atoms with E-state index in [4.69, 9.17) is 5.11 Å². The molecule has 2 aromatic rings. The first-order valence-electron chi connectivity index (χ1n) is 6.05. The molecule has 0 amide bonds. The summed E-state index contributed by atoms with van der Waals surface area (Å²) in [5.74, 6) is -0.413. The van der Waals surface area contributed by atoms with E-state index in [0.29, 0.717) is 16.1 Å². The molecule has 1 aromatic carbocycles. The largest absolute Gasteiger partial charge is 0.476 e. The van der Waals surface area contributed by atoms with E-state index < -0.39 is 5.97 Å². The highest BCUT2D eigenvalue weighted by atomic mass is 79.9. The lowest BCUT2D eigenvalue weighted by Crippen LogP contribution is -1.97. The zero-order valence-corrected chi connectivity index (χ0v) is 12.4. The molecule has 0 bridgehead atoms. The van der Waals surface area contributed by atoms with Crippen LogP contribution in [0.15, 0.2) is 28.7 Å². The molecule has 0 saturated carbocycles. The summed E-state index contributed by atoms with van der Waals surface area (Å²) in [6.07, 6.45) is 1.03. The number of rotatable bonds is 4. The Morgan fingerprint density at radius 3 is 2.47 bits per heavy atom. The van der Waals surface area contributed by atoms with Crippen LogP contribution in [0.2, 0.25) is 0 Å². The van der Waals surface area contributed by atoms with Crippen LogP contribution in [0.5, 0.6) is 0 Å². The van der Waals surface area contributed by atoms with Crippen molar-refractivity contribution in [3.63, 3.8) is 0 Å². The Kier molecular flexibility index (Phi) is 4.04. The van der Waals surface area contributed by atoms with E-state index in [1.807, 2.05) is 12.1 Å². The van der Waals surface area contributed by atoms with Crippen molar-refractivity contribution in [3.05, 3.63) is 40.0 Å². The quantitative estimate of drug-likeness (QED) is 0.901. The standard InChI is InChI=1S/C14H15BrN2O2/c1-8(2)7-9-3-5-10(6-4-9)12-11(15)13(14(18)19)17-16-12/h3-6,8H,7H2,1-2H3,(H,16,17)(H,18,19). The molecule has 0 atom stereocenters. The van der Waals surface area contributed by atoms with Gasteiger partial charge in [-0.15, -0.1) is 0 Å². The van der Waals surface area contributed by atoms with Crippen molar-refractivity contribution in [2.24, 2.45) is 5.92 Å². The highest BCUT2D eigenvalue weighted by Gasteiger charge is 2.17. The van der Waals surface area contributed by atoms with Gasteiger partial charge in [0, 0.05) is 5.56 Å². The number of aromatic carboxylic acids is 1. The number of carboxylic acids is 1. The number of hydrogen-bond acceptors (Lipinski definition) is 2. The highest BCUT2D eigenvalue weighted by molar-refractivity contribution is 9.10. The van der Waals surface area contributed by atoms with Gasteiger partial charge in [0.25, 0.3) is 0 Å². The minimum absolute atomic E-state index is 0.0706. The Morgan fingerprint density at radius 2 is 2.00 bits per heavy atom. The van der Waals surface area contributed by atoms with Gasteiger partial charge in [0.2, 0.25) is 0 Å². The molecule has 0 aliphatic carbocycles. The number of aromatic amines is 1. The Hall–Kier alpha value is -1.62. The van der Waals surface area contributed by atoms with Crippen molar-refractivity contribution in [1.29, 1.82) is 0 Å². The molecule has 4 nitrogen and oxygen atoms in total. The van der Waals surface area contributed by atoms with Crippen LogP contribution in [-0.2, 0) is 6.42 Å². The first-order valence-corrected chi connectivity index (χ1v) is 6.84. The van der Waals surface area contributed by atoms with Gasteiger partial charge in [-0.1, -0.05) is 38.1 Å². The average Bonchev–Trinajstić information content (AvgIpc) is 2.71. The van der Waals surface area contributed by atoms with Gasteiger partial charge in [-0.25, -0.2) is 4.79 Å². The van der Waals surface area contributed by atoms with Crippen LogP contribution in [0.4, 0.5) is 0 Å². The molecule has 1 aromatic heterocycles. The van der Waals surface area contributed by atoms with Crippen LogP contribution in [-0.4, -0.2) is 21.3 Å². The Labute approximate surface area is 120 Å². The van der Waals surface area contributed by atoms with Crippen molar-refractivity contribution in [1.82, 2.24) is 10.2 Å². The van der Waals surface area contributed by atoms with Crippen molar-refractivity contribution in [2.45, 2.75) is 20.3 Å². The number of carboxylic acid groups (broad SMARTS) is 1. The topological polar surface area (TPSA) is 66.0 Å². The molecule has 100 valence electrons. The van der Waals surface area contributed by atoms with Gasteiger partial charge in [0.1, 0.15) is 5.69 Å². The van der Waals surface area contributed by atoms with Crippen LogP contribution >= 0.6 is 15.9 Å². The van der Waals surface area contributed by atoms with Crippen molar-refractivity contribution >= 4 is 21.9 Å². The smallest absolute Gasteiger partial charge is 0.355 e. The predicted molar refractivity (Wildman–Crippen MR) is 77.2 cm³/mol. The molecule has 0 unspecified atom stereocenters. The van der Waals surface area contributed by atoms with Crippen LogP contribution in [0.3, 0.4) is 0 Å². The molecule has 2 rings (SSSR count). The lowest BCUT2D eigenvalue weighted by atomic mass is 10.0. The lowest BCUT2D eigenvalue weighted by molar-refractivity contribution is 0.0689. The van der Waals surface area contributed by atoms with Crippen LogP contribution in [0, 0.1) is 5.92 Å². The van der Waals surface area contributed by atoms with Gasteiger partial charge in [-0.3, -0.25) is 5.10 Å². The lowest BCUT2D eigenvalue weighted by Gasteiger charge is -2.05. The Morgan fingerprint density at radius 1 is 1.37 bits per heavy atom. The van der Waals surface area contributed by atoms with E-state index >= 15 is 0 Å². The summed E-state index contributed by atoms with van der Waals surface area (Å²) in [4.78, 5) is 10.9. The first kappa shape index (κ1) is 13.8. The number of carbonyl (C=O) groups is 1. The number of hydrogen-bond donors (Lipinski definition) is 2. The number of aromatic nitrogens is 2. The fourth-order valence-corrected chi connectivity index (χ4v) is 2.51. The molecule has 5 heteroatoms. The van der Waals surface area contributed by atoms with Gasteiger partial charge in [0.15, 0.2) is 5.69 Å². The third-order valence-electron chi connectivity index (χ3n) is 2.79. The second kappa shape index (κ2) is 5.57. The summed E-state index contributed by atoms with van der Waals surface area (Å²) in [7, 11) is 0. The molecular weight excluding hydrogens is 308 g/mol. The SMILES string of the molecule is CC(C)Cc1ccc(-c2n[nH]c(C(=O)O)c2Br)cc1. The van der Waals surface area contributed by atoms with Crippen molar-refractivity contribution in [2.75, 3.05) is 0 Å². The maximum Gasteiger partial charge on any atom is 0.355 e. The molecule has 0 spiro atoms. The first-order chi connectivity index (χ1) is 8.99. The Balaban J connectivity index is 2.30. The van der Waals surface area contributed by atoms with Crippen molar-refractivity contribution in [3.8, 4) is 11.3 Å². The predicted octanol–water partition coefficient (Wildman–Crippen LogP) is 3.74. The third kappa shape index (κ3) is 3.04. The summed E-state index contributed by atoms with van der Waals surface area (Å²) in [6.45, 7) is 4.36. The average molecular weight is 323 g/mol. The van der Waals surface area contributed by atoms with Crippen LogP contribution in [0.25, 0.3) is 11.3 Å². The summed E-state index contributed by atoms with van der Waals surface area (Å²) < 4.78 is 0.483. The van der Waals surface area contributed by atoms with E-state index in [9.17, 15) is 4.79 Å². The molecule has 0 fully saturated rings. The van der Waals surface area contributed by atoms with Gasteiger partial charge >= 0.3 is 5.97 Å². The molecular formula is C14H15BrN2O2. The molecule has 2 N–H and O–H groups in total. The fourth-order valence-electron chi connectivity index (χ4n) is 1.93. The summed E-state index contributed by atoms with van der Waals surface area (Å²) in [5, 5.41) is 15.5. The number of nitrogens with zero attached hydrogens (tertiary/aromatic N) is 1. The second-order valence-electron chi connectivity index (χ2n) is 4.86. The monoisotopic (exact) mass is 322 g/mol. The zero-order valence-electron chi connectivity index (χ0n) is 10.8. The Bertz CT molecular complexity index is 588. The third-order valence-corrected chi connectivity index (χ3v) is 3.56. The maximum absolute atomic E-state index is 10.9. The number of H-pyrrole nitrogens is 1. The molecule has 1 heterocycles. The van der Waals surface area contributed by atoms with Crippen LogP contribution in [0.1, 0.15) is 29.9 Å². The van der Waals surface area contributed by atoms with Crippen molar-refractivity contribution < 1.29 is 9.90 Å². The molecule has 0 radical (unpaired) electrons. The molecule has 19 heavy (non-hydrogen) atoms. The van der Waals surface area contributed by atoms with Gasteiger partial charge in [-0.2, -0.15) is 5.10 Å². The van der Waals surface area contributed by atoms with Gasteiger partial charge in [0.05, 0.1) is 4.47 Å². The minimum Gasteiger partial charge on any atom is -0.476 e. The van der Waals surface area contributed by atoms with E-state index in [1.165, 1.54) is 5.56 Å².